The Bertz CT molecular complexity index is 1850. The summed E-state index contributed by atoms with van der Waals surface area (Å²) in [6, 6.07) is 17.5. The third kappa shape index (κ3) is 13.7. The Morgan fingerprint density at radius 3 is 0.578 bits per heavy atom. The molecular weight excluding hydrogens is 881 g/mol. The van der Waals surface area contributed by atoms with E-state index in [4.69, 9.17) is 18.9 Å². The van der Waals surface area contributed by atoms with E-state index >= 15 is 0 Å². The Kier molecular flexibility index (Phi) is 16.9. The smallest absolute Gasteiger partial charge is 0.147 e. The van der Waals surface area contributed by atoms with E-state index in [0.717, 1.165) is 61.4 Å². The summed E-state index contributed by atoms with van der Waals surface area (Å²) < 4.78 is 26.8. The fraction of sp³-hybridized carbons (Fsp3) is 0.538. The first kappa shape index (κ1) is 52.3. The Morgan fingerprint density at radius 2 is 0.469 bits per heavy atom. The van der Waals surface area contributed by atoms with E-state index in [2.05, 4.69) is 132 Å². The van der Waals surface area contributed by atoms with Crippen LogP contribution in [0.15, 0.2) is 87.7 Å². The van der Waals surface area contributed by atoms with Crippen LogP contribution in [0.3, 0.4) is 0 Å². The molecule has 352 valence electrons. The monoisotopic (exact) mass is 952 g/mol. The van der Waals surface area contributed by atoms with Gasteiger partial charge in [-0.1, -0.05) is 130 Å². The third-order valence-corrected chi connectivity index (χ3v) is 14.5. The zero-order chi connectivity index (χ0) is 47.7. The average Bonchev–Trinajstić information content (AvgIpc) is 3.13. The molecule has 0 aliphatic carbocycles. The van der Waals surface area contributed by atoms with Gasteiger partial charge in [-0.3, -0.25) is 0 Å². The van der Waals surface area contributed by atoms with Crippen molar-refractivity contribution in [1.29, 1.82) is 0 Å². The molecule has 0 radical (unpaired) electrons. The number of aliphatic hydroxyl groups is 4. The zero-order valence-corrected chi connectivity index (χ0v) is 44.1. The molecule has 8 nitrogen and oxygen atoms in total. The van der Waals surface area contributed by atoms with Crippen LogP contribution in [-0.2, 0) is 21.7 Å². The first-order valence-corrected chi connectivity index (χ1v) is 25.5. The summed E-state index contributed by atoms with van der Waals surface area (Å²) in [5.74, 6) is 2.49. The Labute approximate surface area is 400 Å². The largest absolute Gasteiger partial charge is 0.489 e. The molecular formula is C52H72O8S4. The molecule has 1 aliphatic heterocycles. The van der Waals surface area contributed by atoms with Crippen LogP contribution in [0.2, 0.25) is 0 Å². The molecule has 64 heavy (non-hydrogen) atoms. The van der Waals surface area contributed by atoms with Crippen LogP contribution in [0, 0.1) is 0 Å². The van der Waals surface area contributed by atoms with Crippen molar-refractivity contribution in [3.63, 3.8) is 0 Å². The van der Waals surface area contributed by atoms with Crippen molar-refractivity contribution in [1.82, 2.24) is 0 Å². The van der Waals surface area contributed by atoms with Crippen LogP contribution >= 0.6 is 47.0 Å². The highest BCUT2D eigenvalue weighted by Crippen LogP contribution is 2.56. The second-order valence-electron chi connectivity index (χ2n) is 21.3. The molecule has 0 spiro atoms. The minimum absolute atomic E-state index is 0.0685. The van der Waals surface area contributed by atoms with Gasteiger partial charge in [0.2, 0.25) is 0 Å². The third-order valence-electron chi connectivity index (χ3n) is 10.3. The number of aliphatic hydroxyl groups excluding tert-OH is 4. The lowest BCUT2D eigenvalue weighted by atomic mass is 9.87. The second-order valence-corrected chi connectivity index (χ2v) is 25.6. The van der Waals surface area contributed by atoms with Crippen molar-refractivity contribution in [2.75, 3.05) is 26.4 Å². The normalized spacial score (nSPS) is 15.6. The van der Waals surface area contributed by atoms with Gasteiger partial charge < -0.3 is 39.4 Å². The summed E-state index contributed by atoms with van der Waals surface area (Å²) in [6.45, 7) is 33.5. The fourth-order valence-electron chi connectivity index (χ4n) is 6.50. The summed E-state index contributed by atoms with van der Waals surface area (Å²) in [7, 11) is 0. The van der Waals surface area contributed by atoms with Gasteiger partial charge >= 0.3 is 0 Å². The zero-order valence-electron chi connectivity index (χ0n) is 40.8. The van der Waals surface area contributed by atoms with Gasteiger partial charge in [0.15, 0.2) is 0 Å². The quantitative estimate of drug-likeness (QED) is 0.0954. The minimum atomic E-state index is -0.734. The van der Waals surface area contributed by atoms with Gasteiger partial charge in [0.05, 0.1) is 63.6 Å². The topological polar surface area (TPSA) is 118 Å². The summed E-state index contributed by atoms with van der Waals surface area (Å²) in [4.78, 5) is 6.76. The van der Waals surface area contributed by atoms with Gasteiger partial charge in [0.25, 0.3) is 0 Å². The molecule has 5 rings (SSSR count). The number of hydrogen-bond donors (Lipinski definition) is 4. The standard InChI is InChI=1S/C52H72O8S4/c1-29(53)25-57-45-37-17-33(49(5,6)7)18-38(45)62-40-20-35(51(11,12)13)22-42(47(40)59-27-31(3)55)64-44-24-36(52(14,15)16)23-43(48(44)60-28-32(4)56)63-41-21-34(50(8,9)10)19-39(61-37)46(41)58-26-30(2)54/h17-24,29-32,53-56H,25-28H2,1-16H3. The molecule has 1 aliphatic rings. The van der Waals surface area contributed by atoms with Crippen molar-refractivity contribution < 1.29 is 39.4 Å². The lowest BCUT2D eigenvalue weighted by Gasteiger charge is -2.28. The van der Waals surface area contributed by atoms with E-state index in [1.807, 2.05) is 0 Å². The summed E-state index contributed by atoms with van der Waals surface area (Å²) in [5, 5.41) is 42.7. The minimum Gasteiger partial charge on any atom is -0.489 e. The Balaban J connectivity index is 2.04. The molecule has 8 bridgehead atoms. The van der Waals surface area contributed by atoms with Crippen molar-refractivity contribution >= 4 is 47.0 Å². The number of hydrogen-bond acceptors (Lipinski definition) is 12. The molecule has 0 saturated heterocycles. The highest BCUT2D eigenvalue weighted by atomic mass is 32.2. The first-order valence-electron chi connectivity index (χ1n) is 22.2. The van der Waals surface area contributed by atoms with E-state index in [9.17, 15) is 20.4 Å². The molecule has 0 amide bonds. The van der Waals surface area contributed by atoms with Crippen LogP contribution in [0.1, 0.15) is 133 Å². The van der Waals surface area contributed by atoms with Crippen LogP contribution in [0.4, 0.5) is 0 Å². The number of benzene rings is 4. The molecule has 4 aromatic carbocycles. The predicted molar refractivity (Wildman–Crippen MR) is 266 cm³/mol. The molecule has 0 fully saturated rings. The van der Waals surface area contributed by atoms with Gasteiger partial charge in [-0.15, -0.1) is 0 Å². The first-order chi connectivity index (χ1) is 29.5. The van der Waals surface area contributed by atoms with Gasteiger partial charge in [-0.05, 0) is 120 Å². The van der Waals surface area contributed by atoms with Crippen LogP contribution < -0.4 is 18.9 Å². The maximum atomic E-state index is 10.7. The highest BCUT2D eigenvalue weighted by Gasteiger charge is 2.31. The van der Waals surface area contributed by atoms with Gasteiger partial charge in [0.1, 0.15) is 49.4 Å². The van der Waals surface area contributed by atoms with Gasteiger partial charge in [-0.2, -0.15) is 0 Å². The van der Waals surface area contributed by atoms with Crippen molar-refractivity contribution in [3.05, 3.63) is 70.8 Å². The summed E-state index contributed by atoms with van der Waals surface area (Å²) in [6.07, 6.45) is -2.94. The van der Waals surface area contributed by atoms with E-state index in [1.165, 1.54) is 0 Å². The molecule has 1 heterocycles. The number of ether oxygens (including phenoxy) is 4. The molecule has 0 saturated carbocycles. The van der Waals surface area contributed by atoms with E-state index in [-0.39, 0.29) is 48.1 Å². The predicted octanol–water partition coefficient (Wildman–Crippen LogP) is 12.8. The summed E-state index contributed by atoms with van der Waals surface area (Å²) in [5.41, 5.74) is 3.33. The molecule has 0 aromatic heterocycles. The summed E-state index contributed by atoms with van der Waals surface area (Å²) >= 11 is 6.19. The Hall–Kier alpha value is -2.68. The molecule has 4 atom stereocenters. The SMILES string of the molecule is CC(O)COc1c2cc(C(C)(C)C)cc1Sc1cc(C(C)(C)C)cc(c1OCC(C)O)Sc1cc(C(C)(C)C)cc(c1OCC(C)O)Sc1cc(C(C)(C)C)cc(c1OCC(C)O)S2. The van der Waals surface area contributed by atoms with E-state index < -0.39 is 24.4 Å². The van der Waals surface area contributed by atoms with Crippen LogP contribution in [0.25, 0.3) is 0 Å². The van der Waals surface area contributed by atoms with Gasteiger partial charge in [-0.25, -0.2) is 0 Å². The number of fused-ring (bicyclic) bond motifs is 8. The Morgan fingerprint density at radius 1 is 0.328 bits per heavy atom. The van der Waals surface area contributed by atoms with Crippen molar-refractivity contribution in [3.8, 4) is 23.0 Å². The maximum absolute atomic E-state index is 10.7. The van der Waals surface area contributed by atoms with Crippen LogP contribution in [-0.4, -0.2) is 71.3 Å². The molecule has 12 heteroatoms. The highest BCUT2D eigenvalue weighted by molar-refractivity contribution is 8.01. The molecule has 4 N–H and O–H groups in total. The van der Waals surface area contributed by atoms with E-state index in [1.54, 1.807) is 74.7 Å². The average molecular weight is 953 g/mol. The fourth-order valence-corrected chi connectivity index (χ4v) is 11.3. The second kappa shape index (κ2) is 20.7. The molecule has 4 aromatic rings. The lowest BCUT2D eigenvalue weighted by Crippen LogP contribution is -2.17. The maximum Gasteiger partial charge on any atom is 0.147 e. The lowest BCUT2D eigenvalue weighted by molar-refractivity contribution is 0.118. The number of rotatable bonds is 12. The van der Waals surface area contributed by atoms with Gasteiger partial charge in [0, 0.05) is 0 Å². The van der Waals surface area contributed by atoms with Crippen molar-refractivity contribution in [2.45, 2.75) is 196 Å². The van der Waals surface area contributed by atoms with E-state index in [0.29, 0.717) is 23.0 Å². The molecule has 4 unspecified atom stereocenters. The van der Waals surface area contributed by atoms with Crippen molar-refractivity contribution in [2.24, 2.45) is 0 Å². The van der Waals surface area contributed by atoms with Crippen LogP contribution in [0.5, 0.6) is 23.0 Å².